The lowest BCUT2D eigenvalue weighted by Gasteiger charge is -2.34. The van der Waals surface area contributed by atoms with Crippen LogP contribution in [0.15, 0.2) is 0 Å². The summed E-state index contributed by atoms with van der Waals surface area (Å²) < 4.78 is 19.9. The van der Waals surface area contributed by atoms with Crippen molar-refractivity contribution in [3.8, 4) is 0 Å². The minimum Gasteiger partial charge on any atom is -0.428 e. The second-order valence-electron chi connectivity index (χ2n) is 4.88. The van der Waals surface area contributed by atoms with E-state index in [1.54, 1.807) is 28.1 Å². The Kier molecular flexibility index (Phi) is 8.36. The minimum absolute atomic E-state index is 0.0204. The Labute approximate surface area is 119 Å². The van der Waals surface area contributed by atoms with Gasteiger partial charge in [0.05, 0.1) is 6.54 Å². The van der Waals surface area contributed by atoms with Gasteiger partial charge in [-0.05, 0) is 20.3 Å². The predicted octanol–water partition coefficient (Wildman–Crippen LogP) is 1.44. The van der Waals surface area contributed by atoms with E-state index in [0.29, 0.717) is 6.42 Å². The van der Waals surface area contributed by atoms with E-state index < -0.39 is 17.7 Å². The minimum atomic E-state index is -1.05. The zero-order chi connectivity index (χ0) is 15.8. The molecule has 0 aromatic heterocycles. The van der Waals surface area contributed by atoms with Gasteiger partial charge >= 0.3 is 12.1 Å². The van der Waals surface area contributed by atoms with Crippen molar-refractivity contribution in [2.24, 2.45) is 11.7 Å². The quantitative estimate of drug-likeness (QED) is 0.410. The van der Waals surface area contributed by atoms with Crippen molar-refractivity contribution in [2.75, 3.05) is 20.8 Å². The van der Waals surface area contributed by atoms with Crippen molar-refractivity contribution in [1.82, 2.24) is 0 Å². The number of rotatable bonds is 8. The van der Waals surface area contributed by atoms with Crippen molar-refractivity contribution in [1.29, 1.82) is 0 Å². The number of hydrogen-bond acceptors (Lipinski definition) is 7. The van der Waals surface area contributed by atoms with Gasteiger partial charge < -0.3 is 24.7 Å². The van der Waals surface area contributed by atoms with E-state index in [2.05, 4.69) is 4.74 Å². The van der Waals surface area contributed by atoms with E-state index >= 15 is 0 Å². The summed E-state index contributed by atoms with van der Waals surface area (Å²) in [4.78, 5) is 22.4. The standard InChI is InChI=1S/C13H25NO6/c1-6-9(7-11(17-4)18-5)13(2,3)20-12(16)19-10(15)8-14/h9,11H,6-8,14H2,1-5H3. The molecule has 7 nitrogen and oxygen atoms in total. The first kappa shape index (κ1) is 18.8. The van der Waals surface area contributed by atoms with E-state index in [9.17, 15) is 9.59 Å². The first-order valence-corrected chi connectivity index (χ1v) is 6.49. The van der Waals surface area contributed by atoms with Crippen LogP contribution in [0.5, 0.6) is 0 Å². The molecule has 0 aliphatic heterocycles. The summed E-state index contributed by atoms with van der Waals surface area (Å²) in [7, 11) is 3.09. The van der Waals surface area contributed by atoms with E-state index in [-0.39, 0.29) is 18.8 Å². The molecule has 0 aliphatic rings. The van der Waals surface area contributed by atoms with Gasteiger partial charge in [-0.25, -0.2) is 4.79 Å². The van der Waals surface area contributed by atoms with Crippen LogP contribution in [0.4, 0.5) is 4.79 Å². The number of carbonyl (C=O) groups is 2. The topological polar surface area (TPSA) is 97.1 Å². The molecule has 0 saturated carbocycles. The van der Waals surface area contributed by atoms with Gasteiger partial charge in [-0.15, -0.1) is 0 Å². The van der Waals surface area contributed by atoms with Gasteiger partial charge in [-0.3, -0.25) is 4.79 Å². The molecule has 7 heteroatoms. The summed E-state index contributed by atoms with van der Waals surface area (Å²) in [6.45, 7) is 5.09. The zero-order valence-electron chi connectivity index (χ0n) is 12.8. The van der Waals surface area contributed by atoms with Crippen LogP contribution in [0.2, 0.25) is 0 Å². The average Bonchev–Trinajstić information content (AvgIpc) is 2.38. The molecule has 0 rings (SSSR count). The highest BCUT2D eigenvalue weighted by Crippen LogP contribution is 2.29. The number of esters is 1. The number of ether oxygens (including phenoxy) is 4. The molecule has 0 aromatic carbocycles. The van der Waals surface area contributed by atoms with Crippen molar-refractivity contribution < 1.29 is 28.5 Å². The molecular weight excluding hydrogens is 266 g/mol. The maximum absolute atomic E-state index is 11.5. The molecule has 0 heterocycles. The average molecular weight is 291 g/mol. The third kappa shape index (κ3) is 6.31. The van der Waals surface area contributed by atoms with Gasteiger partial charge in [0.1, 0.15) is 5.60 Å². The normalized spacial score (nSPS) is 13.2. The Hall–Kier alpha value is -1.18. The maximum atomic E-state index is 11.5. The molecule has 2 N–H and O–H groups in total. The van der Waals surface area contributed by atoms with Crippen LogP contribution in [-0.2, 0) is 23.7 Å². The van der Waals surface area contributed by atoms with Crippen LogP contribution < -0.4 is 5.73 Å². The molecule has 0 bridgehead atoms. The summed E-state index contributed by atoms with van der Waals surface area (Å²) in [6.07, 6.45) is -0.136. The lowest BCUT2D eigenvalue weighted by atomic mass is 9.85. The van der Waals surface area contributed by atoms with Crippen molar-refractivity contribution >= 4 is 12.1 Å². The van der Waals surface area contributed by atoms with Gasteiger partial charge in [0.2, 0.25) is 0 Å². The fourth-order valence-corrected chi connectivity index (χ4v) is 1.92. The van der Waals surface area contributed by atoms with E-state index in [1.807, 2.05) is 6.92 Å². The summed E-state index contributed by atoms with van der Waals surface area (Å²) >= 11 is 0. The monoisotopic (exact) mass is 291 g/mol. The SMILES string of the molecule is CCC(CC(OC)OC)C(C)(C)OC(=O)OC(=O)CN. The largest absolute Gasteiger partial charge is 0.516 e. The van der Waals surface area contributed by atoms with Gasteiger partial charge in [-0.2, -0.15) is 0 Å². The molecule has 0 aliphatic carbocycles. The lowest BCUT2D eigenvalue weighted by Crippen LogP contribution is -2.39. The van der Waals surface area contributed by atoms with Crippen LogP contribution in [0.25, 0.3) is 0 Å². The second kappa shape index (κ2) is 8.89. The fourth-order valence-electron chi connectivity index (χ4n) is 1.92. The highest BCUT2D eigenvalue weighted by atomic mass is 16.7. The van der Waals surface area contributed by atoms with Crippen LogP contribution in [0.3, 0.4) is 0 Å². The molecule has 0 fully saturated rings. The van der Waals surface area contributed by atoms with Crippen LogP contribution >= 0.6 is 0 Å². The van der Waals surface area contributed by atoms with E-state index in [0.717, 1.165) is 6.42 Å². The van der Waals surface area contributed by atoms with E-state index in [1.165, 1.54) is 0 Å². The molecule has 1 atom stereocenters. The summed E-state index contributed by atoms with van der Waals surface area (Å²) in [5, 5.41) is 0. The van der Waals surface area contributed by atoms with Crippen LogP contribution in [-0.4, -0.2) is 44.8 Å². The highest BCUT2D eigenvalue weighted by molar-refractivity contribution is 5.83. The Morgan fingerprint density at radius 3 is 2.15 bits per heavy atom. The van der Waals surface area contributed by atoms with Crippen LogP contribution in [0, 0.1) is 5.92 Å². The Bertz CT molecular complexity index is 314. The summed E-state index contributed by atoms with van der Waals surface area (Å²) in [5.74, 6) is -0.849. The number of nitrogens with two attached hydrogens (primary N) is 1. The molecule has 0 radical (unpaired) electrons. The highest BCUT2D eigenvalue weighted by Gasteiger charge is 2.35. The van der Waals surface area contributed by atoms with Gasteiger partial charge in [0.15, 0.2) is 6.29 Å². The first-order valence-electron chi connectivity index (χ1n) is 6.49. The molecule has 0 amide bonds. The van der Waals surface area contributed by atoms with Gasteiger partial charge in [-0.1, -0.05) is 6.92 Å². The molecule has 118 valence electrons. The maximum Gasteiger partial charge on any atom is 0.516 e. The third-order valence-corrected chi connectivity index (χ3v) is 3.19. The Morgan fingerprint density at radius 1 is 1.20 bits per heavy atom. The van der Waals surface area contributed by atoms with Crippen LogP contribution in [0.1, 0.15) is 33.6 Å². The number of methoxy groups -OCH3 is 2. The molecule has 0 spiro atoms. The Balaban J connectivity index is 4.63. The number of hydrogen-bond donors (Lipinski definition) is 1. The predicted molar refractivity (Wildman–Crippen MR) is 71.9 cm³/mol. The molecule has 20 heavy (non-hydrogen) atoms. The third-order valence-electron chi connectivity index (χ3n) is 3.19. The first-order chi connectivity index (χ1) is 9.30. The smallest absolute Gasteiger partial charge is 0.428 e. The van der Waals surface area contributed by atoms with Gasteiger partial charge in [0, 0.05) is 26.6 Å². The van der Waals surface area contributed by atoms with Crippen molar-refractivity contribution in [3.05, 3.63) is 0 Å². The summed E-state index contributed by atoms with van der Waals surface area (Å²) in [6, 6.07) is 0. The molecule has 0 saturated heterocycles. The molecule has 1 unspecified atom stereocenters. The zero-order valence-corrected chi connectivity index (χ0v) is 12.8. The van der Waals surface area contributed by atoms with Crippen molar-refractivity contribution in [3.63, 3.8) is 0 Å². The van der Waals surface area contributed by atoms with Crippen molar-refractivity contribution in [2.45, 2.75) is 45.5 Å². The molecular formula is C13H25NO6. The van der Waals surface area contributed by atoms with Gasteiger partial charge in [0.25, 0.3) is 0 Å². The fraction of sp³-hybridized carbons (Fsp3) is 0.846. The lowest BCUT2D eigenvalue weighted by molar-refractivity contribution is -0.146. The number of carbonyl (C=O) groups excluding carboxylic acids is 2. The summed E-state index contributed by atoms with van der Waals surface area (Å²) in [5.41, 5.74) is 4.23. The second-order valence-corrected chi connectivity index (χ2v) is 4.88. The van der Waals surface area contributed by atoms with E-state index in [4.69, 9.17) is 19.9 Å². The Morgan fingerprint density at radius 2 is 1.75 bits per heavy atom. The molecule has 0 aromatic rings.